The normalized spacial score (nSPS) is 13.4. The molecule has 0 radical (unpaired) electrons. The summed E-state index contributed by atoms with van der Waals surface area (Å²) in [5, 5.41) is 0.583. The standard InChI is InChI=1S/C13H19Cl2NO3S/c1-11(9-14)10-20(17,18)16(2)6-7-19-13-5-3-4-12(15)8-13/h3-5,8,11H,6-7,9-10H2,1-2H3. The summed E-state index contributed by atoms with van der Waals surface area (Å²) in [5.41, 5.74) is 0. The van der Waals surface area contributed by atoms with Gasteiger partial charge in [-0.25, -0.2) is 12.7 Å². The molecule has 4 nitrogen and oxygen atoms in total. The number of hydrogen-bond donors (Lipinski definition) is 0. The number of halogens is 2. The maximum Gasteiger partial charge on any atom is 0.214 e. The molecule has 0 aliphatic carbocycles. The van der Waals surface area contributed by atoms with E-state index in [4.69, 9.17) is 27.9 Å². The lowest BCUT2D eigenvalue weighted by Crippen LogP contribution is -2.34. The molecule has 20 heavy (non-hydrogen) atoms. The molecule has 0 amide bonds. The summed E-state index contributed by atoms with van der Waals surface area (Å²) in [6.45, 7) is 2.36. The molecule has 1 aromatic rings. The van der Waals surface area contributed by atoms with E-state index >= 15 is 0 Å². The number of likely N-dealkylation sites (N-methyl/N-ethyl adjacent to an activating group) is 1. The first-order valence-corrected chi connectivity index (χ1v) is 8.75. The van der Waals surface area contributed by atoms with Crippen molar-refractivity contribution in [1.82, 2.24) is 4.31 Å². The lowest BCUT2D eigenvalue weighted by molar-refractivity contribution is 0.286. The van der Waals surface area contributed by atoms with Gasteiger partial charge in [0.1, 0.15) is 12.4 Å². The van der Waals surface area contributed by atoms with Gasteiger partial charge in [-0.1, -0.05) is 24.6 Å². The molecule has 0 aromatic heterocycles. The van der Waals surface area contributed by atoms with Crippen LogP contribution in [0.2, 0.25) is 5.02 Å². The van der Waals surface area contributed by atoms with Crippen molar-refractivity contribution in [3.63, 3.8) is 0 Å². The van der Waals surface area contributed by atoms with Crippen molar-refractivity contribution in [2.24, 2.45) is 5.92 Å². The first-order chi connectivity index (χ1) is 9.35. The van der Waals surface area contributed by atoms with E-state index in [-0.39, 0.29) is 24.8 Å². The molecule has 0 saturated heterocycles. The third-order valence-electron chi connectivity index (χ3n) is 2.70. The van der Waals surface area contributed by atoms with Gasteiger partial charge >= 0.3 is 0 Å². The van der Waals surface area contributed by atoms with E-state index in [1.54, 1.807) is 31.2 Å². The highest BCUT2D eigenvalue weighted by Gasteiger charge is 2.20. The Morgan fingerprint density at radius 1 is 1.40 bits per heavy atom. The lowest BCUT2D eigenvalue weighted by Gasteiger charge is -2.19. The second-order valence-corrected chi connectivity index (χ2v) is 7.53. The zero-order valence-electron chi connectivity index (χ0n) is 11.6. The molecule has 0 bridgehead atoms. The Hall–Kier alpha value is -0.490. The Morgan fingerprint density at radius 2 is 2.10 bits per heavy atom. The van der Waals surface area contributed by atoms with Crippen LogP contribution in [0.4, 0.5) is 0 Å². The Morgan fingerprint density at radius 3 is 2.70 bits per heavy atom. The highest BCUT2D eigenvalue weighted by atomic mass is 35.5. The highest BCUT2D eigenvalue weighted by molar-refractivity contribution is 7.89. The van der Waals surface area contributed by atoms with Crippen LogP contribution in [0, 0.1) is 5.92 Å². The van der Waals surface area contributed by atoms with Crippen molar-refractivity contribution in [1.29, 1.82) is 0 Å². The Balaban J connectivity index is 2.45. The van der Waals surface area contributed by atoms with Gasteiger partial charge in [0.2, 0.25) is 10.0 Å². The van der Waals surface area contributed by atoms with E-state index in [2.05, 4.69) is 0 Å². The van der Waals surface area contributed by atoms with Crippen molar-refractivity contribution in [2.45, 2.75) is 6.92 Å². The third kappa shape index (κ3) is 5.87. The van der Waals surface area contributed by atoms with E-state index < -0.39 is 10.0 Å². The molecular weight excluding hydrogens is 321 g/mol. The van der Waals surface area contributed by atoms with Gasteiger partial charge in [-0.2, -0.15) is 0 Å². The van der Waals surface area contributed by atoms with Crippen LogP contribution in [0.15, 0.2) is 24.3 Å². The minimum Gasteiger partial charge on any atom is -0.492 e. The summed E-state index contributed by atoms with van der Waals surface area (Å²) in [4.78, 5) is 0. The molecule has 0 N–H and O–H groups in total. The molecule has 0 heterocycles. The van der Waals surface area contributed by atoms with E-state index in [0.29, 0.717) is 16.7 Å². The molecule has 0 saturated carbocycles. The largest absolute Gasteiger partial charge is 0.492 e. The number of nitrogens with zero attached hydrogens (tertiary/aromatic N) is 1. The van der Waals surface area contributed by atoms with E-state index in [0.717, 1.165) is 0 Å². The molecular formula is C13H19Cl2NO3S. The Bertz CT molecular complexity index is 522. The first-order valence-electron chi connectivity index (χ1n) is 6.23. The van der Waals surface area contributed by atoms with Crippen LogP contribution >= 0.6 is 23.2 Å². The number of alkyl halides is 1. The Labute approximate surface area is 130 Å². The van der Waals surface area contributed by atoms with Crippen LogP contribution in [0.1, 0.15) is 6.92 Å². The minimum atomic E-state index is -3.29. The monoisotopic (exact) mass is 339 g/mol. The maximum absolute atomic E-state index is 12.0. The summed E-state index contributed by atoms with van der Waals surface area (Å²) < 4.78 is 30.7. The van der Waals surface area contributed by atoms with Gasteiger partial charge in [-0.3, -0.25) is 0 Å². The number of rotatable bonds is 8. The zero-order chi connectivity index (χ0) is 15.2. The Kier molecular flexibility index (Phi) is 7.09. The van der Waals surface area contributed by atoms with Gasteiger partial charge < -0.3 is 4.74 Å². The summed E-state index contributed by atoms with van der Waals surface area (Å²) >= 11 is 11.5. The summed E-state index contributed by atoms with van der Waals surface area (Å²) in [6.07, 6.45) is 0. The van der Waals surface area contributed by atoms with Crippen molar-refractivity contribution in [3.8, 4) is 5.75 Å². The topological polar surface area (TPSA) is 46.6 Å². The number of sulfonamides is 1. The average Bonchev–Trinajstić information content (AvgIpc) is 2.38. The molecule has 1 rings (SSSR count). The van der Waals surface area contributed by atoms with Crippen molar-refractivity contribution in [2.75, 3.05) is 31.8 Å². The number of benzene rings is 1. The molecule has 0 fully saturated rings. The quantitative estimate of drug-likeness (QED) is 0.684. The zero-order valence-corrected chi connectivity index (χ0v) is 13.9. The summed E-state index contributed by atoms with van der Waals surface area (Å²) in [6, 6.07) is 6.99. The average molecular weight is 340 g/mol. The van der Waals surface area contributed by atoms with Crippen molar-refractivity contribution < 1.29 is 13.2 Å². The second-order valence-electron chi connectivity index (χ2n) is 4.67. The van der Waals surface area contributed by atoms with E-state index in [9.17, 15) is 8.42 Å². The molecule has 0 aliphatic heterocycles. The highest BCUT2D eigenvalue weighted by Crippen LogP contribution is 2.17. The first kappa shape index (κ1) is 17.6. The minimum absolute atomic E-state index is 0.0458. The van der Waals surface area contributed by atoms with Gasteiger partial charge in [-0.15, -0.1) is 11.6 Å². The second kappa shape index (κ2) is 8.08. The van der Waals surface area contributed by atoms with Crippen molar-refractivity contribution in [3.05, 3.63) is 29.3 Å². The smallest absolute Gasteiger partial charge is 0.214 e. The molecule has 0 spiro atoms. The summed E-state index contributed by atoms with van der Waals surface area (Å²) in [7, 11) is -1.75. The summed E-state index contributed by atoms with van der Waals surface area (Å²) in [5.74, 6) is 0.923. The molecule has 114 valence electrons. The fourth-order valence-electron chi connectivity index (χ4n) is 1.52. The molecule has 1 atom stereocenters. The fourth-order valence-corrected chi connectivity index (χ4v) is 3.38. The van der Waals surface area contributed by atoms with Gasteiger partial charge in [0, 0.05) is 24.5 Å². The third-order valence-corrected chi connectivity index (χ3v) is 5.59. The van der Waals surface area contributed by atoms with Gasteiger partial charge in [0.05, 0.1) is 5.75 Å². The van der Waals surface area contributed by atoms with E-state index in [1.807, 2.05) is 0 Å². The molecule has 1 unspecified atom stereocenters. The molecule has 7 heteroatoms. The van der Waals surface area contributed by atoms with Crippen LogP contribution < -0.4 is 4.74 Å². The predicted molar refractivity (Wildman–Crippen MR) is 83.2 cm³/mol. The SMILES string of the molecule is CC(CCl)CS(=O)(=O)N(C)CCOc1cccc(Cl)c1. The van der Waals surface area contributed by atoms with Crippen molar-refractivity contribution >= 4 is 33.2 Å². The fraction of sp³-hybridized carbons (Fsp3) is 0.538. The van der Waals surface area contributed by atoms with Crippen LogP contribution in [0.3, 0.4) is 0 Å². The van der Waals surface area contributed by atoms with Crippen LogP contribution in [0.5, 0.6) is 5.75 Å². The maximum atomic E-state index is 12.0. The lowest BCUT2D eigenvalue weighted by atomic mass is 10.3. The van der Waals surface area contributed by atoms with Gasteiger partial charge in [0.25, 0.3) is 0 Å². The van der Waals surface area contributed by atoms with Crippen LogP contribution in [0.25, 0.3) is 0 Å². The van der Waals surface area contributed by atoms with Gasteiger partial charge in [0.15, 0.2) is 0 Å². The number of ether oxygens (including phenoxy) is 1. The van der Waals surface area contributed by atoms with Crippen LogP contribution in [-0.4, -0.2) is 44.6 Å². The van der Waals surface area contributed by atoms with E-state index in [1.165, 1.54) is 11.4 Å². The molecule has 0 aliphatic rings. The van der Waals surface area contributed by atoms with Gasteiger partial charge in [-0.05, 0) is 24.1 Å². The molecule has 1 aromatic carbocycles. The predicted octanol–water partition coefficient (Wildman–Crippen LogP) is 2.86. The van der Waals surface area contributed by atoms with Crippen LogP contribution in [-0.2, 0) is 10.0 Å². The number of hydrogen-bond acceptors (Lipinski definition) is 3.